The Bertz CT molecular complexity index is 1100. The van der Waals surface area contributed by atoms with Gasteiger partial charge in [0, 0.05) is 10.7 Å². The van der Waals surface area contributed by atoms with Crippen molar-refractivity contribution in [1.29, 1.82) is 0 Å². The Kier molecular flexibility index (Phi) is 8.91. The van der Waals surface area contributed by atoms with Crippen molar-refractivity contribution in [2.45, 2.75) is 70.7 Å². The summed E-state index contributed by atoms with van der Waals surface area (Å²) in [7, 11) is -4.29. The highest BCUT2D eigenvalue weighted by Gasteiger charge is 3.00. The van der Waals surface area contributed by atoms with Crippen molar-refractivity contribution < 1.29 is 118 Å². The normalized spacial score (nSPS) is 17.2. The van der Waals surface area contributed by atoms with Crippen LogP contribution in [0.15, 0.2) is 0 Å². The number of hydrogen-bond donors (Lipinski definition) is 0. The second-order valence-corrected chi connectivity index (χ2v) is 9.80. The van der Waals surface area contributed by atoms with Gasteiger partial charge in [-0.15, -0.1) is 0 Å². The summed E-state index contributed by atoms with van der Waals surface area (Å²) in [5, 5.41) is -8.01. The molecule has 0 atom stereocenters. The first-order valence-corrected chi connectivity index (χ1v) is 10.5. The molecule has 0 aromatic rings. The second kappa shape index (κ2) is 9.25. The Morgan fingerprint density at radius 2 is 0.439 bits per heavy atom. The molecule has 0 radical (unpaired) electrons. The number of rotatable bonds is 11. The number of halogens is 26. The summed E-state index contributed by atoms with van der Waals surface area (Å²) in [4.78, 5) is 0. The minimum absolute atomic E-state index is 3.48. The van der Waals surface area contributed by atoms with Crippen LogP contribution in [-0.4, -0.2) is 79.1 Å². The van der Waals surface area contributed by atoms with E-state index < -0.39 is 79.7 Å². The summed E-state index contributed by atoms with van der Waals surface area (Å²) in [5.41, 5.74) is 0. The van der Waals surface area contributed by atoms with Gasteiger partial charge in [0.2, 0.25) is 0 Å². The van der Waals surface area contributed by atoms with Crippen LogP contribution in [0.3, 0.4) is 0 Å². The zero-order chi connectivity index (χ0) is 34.5. The first-order chi connectivity index (χ1) is 17.0. The molecule has 0 aliphatic heterocycles. The van der Waals surface area contributed by atoms with Gasteiger partial charge in [-0.05, 0) is 0 Å². The van der Waals surface area contributed by atoms with Crippen molar-refractivity contribution in [3.05, 3.63) is 0 Å². The van der Waals surface area contributed by atoms with Crippen LogP contribution in [0.2, 0.25) is 0 Å². The van der Waals surface area contributed by atoms with Crippen LogP contribution in [0.1, 0.15) is 0 Å². The molecule has 29 heteroatoms. The van der Waals surface area contributed by atoms with E-state index in [1.54, 1.807) is 0 Å². The SMILES string of the molecule is O=S(=O)(Cl)C(F)(F)C(F)(F)C(F)(F)C(F)(F)C(F)(F)C(F)(F)C(F)(F)C(F)(F)C(F)(F)C(F)(F)C(F)(F)C(F)(F)F. The van der Waals surface area contributed by atoms with E-state index in [-0.39, 0.29) is 0 Å². The third-order valence-electron chi connectivity index (χ3n) is 4.58. The van der Waals surface area contributed by atoms with Crippen LogP contribution in [0, 0.1) is 0 Å². The van der Waals surface area contributed by atoms with Gasteiger partial charge in [0.15, 0.2) is 0 Å². The van der Waals surface area contributed by atoms with Crippen molar-refractivity contribution in [1.82, 2.24) is 0 Å². The standard InChI is InChI=1S/C12ClF25O2S/c13-41(39,40)12(37,38)10(32,33)8(28,29)6(24,25)4(20,21)2(16,17)1(14,15)3(18,19)5(22,23)7(26,27)9(30,31)11(34,35)36. The lowest BCUT2D eigenvalue weighted by atomic mass is 9.85. The zero-order valence-corrected chi connectivity index (χ0v) is 18.6. The molecular weight excluding hydrogens is 719 g/mol. The molecule has 0 N–H and O–H groups in total. The van der Waals surface area contributed by atoms with E-state index in [9.17, 15) is 118 Å². The number of alkyl halides is 25. The van der Waals surface area contributed by atoms with Crippen molar-refractivity contribution in [3.63, 3.8) is 0 Å². The van der Waals surface area contributed by atoms with Gasteiger partial charge in [-0.25, -0.2) is 8.42 Å². The summed E-state index contributed by atoms with van der Waals surface area (Å²) in [6.07, 6.45) is -8.22. The summed E-state index contributed by atoms with van der Waals surface area (Å²) in [5.74, 6) is -93.6. The maximum absolute atomic E-state index is 13.5. The molecule has 0 saturated carbocycles. The fourth-order valence-electron chi connectivity index (χ4n) is 2.09. The molecule has 248 valence electrons. The lowest BCUT2D eigenvalue weighted by Gasteiger charge is -2.45. The molecular formula is C12ClF25O2S. The lowest BCUT2D eigenvalue weighted by molar-refractivity contribution is -0.480. The number of hydrogen-bond acceptors (Lipinski definition) is 2. The van der Waals surface area contributed by atoms with E-state index in [2.05, 4.69) is 10.7 Å². The monoisotopic (exact) mass is 718 g/mol. The Hall–Kier alpha value is -1.51. The molecule has 0 aliphatic rings. The van der Waals surface area contributed by atoms with Crippen molar-refractivity contribution in [3.8, 4) is 0 Å². The zero-order valence-electron chi connectivity index (χ0n) is 17.1. The van der Waals surface area contributed by atoms with Gasteiger partial charge in [-0.2, -0.15) is 110 Å². The van der Waals surface area contributed by atoms with Gasteiger partial charge in [0.25, 0.3) is 0 Å². The maximum Gasteiger partial charge on any atom is 0.460 e. The predicted octanol–water partition coefficient (Wildman–Crippen LogP) is 8.06. The fraction of sp³-hybridized carbons (Fsp3) is 1.00. The Balaban J connectivity index is 7.45. The van der Waals surface area contributed by atoms with E-state index in [1.807, 2.05) is 0 Å². The highest BCUT2D eigenvalue weighted by atomic mass is 35.7. The fourth-order valence-corrected chi connectivity index (χ4v) is 2.82. The van der Waals surface area contributed by atoms with E-state index in [4.69, 9.17) is 0 Å². The van der Waals surface area contributed by atoms with Gasteiger partial charge >= 0.3 is 79.7 Å². The topological polar surface area (TPSA) is 34.1 Å². The average Bonchev–Trinajstić information content (AvgIpc) is 2.70. The molecule has 0 aromatic carbocycles. The smallest absolute Gasteiger partial charge is 0.206 e. The highest BCUT2D eigenvalue weighted by Crippen LogP contribution is 2.68. The first-order valence-electron chi connectivity index (χ1n) is 8.17. The van der Waals surface area contributed by atoms with Crippen LogP contribution in [0.4, 0.5) is 110 Å². The molecule has 0 spiro atoms. The lowest BCUT2D eigenvalue weighted by Crippen LogP contribution is -2.78. The van der Waals surface area contributed by atoms with Gasteiger partial charge in [-0.1, -0.05) is 0 Å². The van der Waals surface area contributed by atoms with Crippen LogP contribution < -0.4 is 0 Å². The largest absolute Gasteiger partial charge is 0.460 e. The van der Waals surface area contributed by atoms with E-state index in [0.29, 0.717) is 0 Å². The molecule has 0 aromatic heterocycles. The molecule has 2 nitrogen and oxygen atoms in total. The van der Waals surface area contributed by atoms with Gasteiger partial charge < -0.3 is 0 Å². The Morgan fingerprint density at radius 3 is 0.585 bits per heavy atom. The molecule has 0 rings (SSSR count). The molecule has 0 unspecified atom stereocenters. The van der Waals surface area contributed by atoms with E-state index >= 15 is 0 Å². The van der Waals surface area contributed by atoms with Crippen LogP contribution in [-0.2, 0) is 9.05 Å². The minimum atomic E-state index is -9.73. The minimum Gasteiger partial charge on any atom is -0.206 e. The maximum atomic E-state index is 13.5. The summed E-state index contributed by atoms with van der Waals surface area (Å²) in [6, 6.07) is 0. The molecule has 41 heavy (non-hydrogen) atoms. The van der Waals surface area contributed by atoms with E-state index in [1.165, 1.54) is 0 Å². The molecule has 0 amide bonds. The van der Waals surface area contributed by atoms with Crippen molar-refractivity contribution in [2.75, 3.05) is 0 Å². The highest BCUT2D eigenvalue weighted by molar-refractivity contribution is 8.14. The molecule has 0 bridgehead atoms. The van der Waals surface area contributed by atoms with Crippen molar-refractivity contribution >= 4 is 19.7 Å². The van der Waals surface area contributed by atoms with Gasteiger partial charge in [0.05, 0.1) is 0 Å². The molecule has 0 aliphatic carbocycles. The van der Waals surface area contributed by atoms with Crippen LogP contribution in [0.25, 0.3) is 0 Å². The van der Waals surface area contributed by atoms with Crippen LogP contribution in [0.5, 0.6) is 0 Å². The van der Waals surface area contributed by atoms with Gasteiger partial charge in [0.1, 0.15) is 0 Å². The predicted molar refractivity (Wildman–Crippen MR) is 75.2 cm³/mol. The van der Waals surface area contributed by atoms with Crippen molar-refractivity contribution in [2.24, 2.45) is 0 Å². The molecule has 0 heterocycles. The second-order valence-electron chi connectivity index (χ2n) is 7.20. The summed E-state index contributed by atoms with van der Waals surface area (Å²) < 4.78 is 348. The molecule has 0 fully saturated rings. The average molecular weight is 719 g/mol. The third kappa shape index (κ3) is 4.52. The Morgan fingerprint density at radius 1 is 0.293 bits per heavy atom. The summed E-state index contributed by atoms with van der Waals surface area (Å²) >= 11 is 0. The third-order valence-corrected chi connectivity index (χ3v) is 6.03. The summed E-state index contributed by atoms with van der Waals surface area (Å²) in [6.45, 7) is 0. The molecule has 0 saturated heterocycles. The van der Waals surface area contributed by atoms with E-state index in [0.717, 1.165) is 0 Å². The first kappa shape index (κ1) is 39.5. The Labute approximate surface area is 209 Å². The van der Waals surface area contributed by atoms with Crippen LogP contribution >= 0.6 is 10.7 Å². The van der Waals surface area contributed by atoms with Gasteiger partial charge in [-0.3, -0.25) is 0 Å². The quantitative estimate of drug-likeness (QED) is 0.160.